The van der Waals surface area contributed by atoms with Crippen molar-refractivity contribution in [1.29, 1.82) is 0 Å². The number of rotatable bonds is 3. The standard InChI is InChI=1S/C16H22N4O2/c1-11(12-5-7-17-8-6-12)20-9-3-4-13(10-20)16(2)14(21)18-15(22)19-16/h5-8,11,13H,3-4,9-10H2,1-2H3,(H2,18,19,21,22)/t11-,13+,16-/m1/s1. The van der Waals surface area contributed by atoms with E-state index in [1.807, 2.05) is 19.1 Å². The number of carbonyl (C=O) groups excluding carboxylic acids is 2. The molecule has 2 aliphatic rings. The molecule has 22 heavy (non-hydrogen) atoms. The monoisotopic (exact) mass is 302 g/mol. The van der Waals surface area contributed by atoms with E-state index in [0.29, 0.717) is 0 Å². The van der Waals surface area contributed by atoms with Gasteiger partial charge in [0.05, 0.1) is 0 Å². The van der Waals surface area contributed by atoms with Gasteiger partial charge in [0.2, 0.25) is 0 Å². The van der Waals surface area contributed by atoms with Gasteiger partial charge in [-0.05, 0) is 50.9 Å². The van der Waals surface area contributed by atoms with Gasteiger partial charge >= 0.3 is 6.03 Å². The molecule has 3 heterocycles. The maximum atomic E-state index is 12.1. The van der Waals surface area contributed by atoms with Crippen LogP contribution in [0.3, 0.4) is 0 Å². The number of aromatic nitrogens is 1. The van der Waals surface area contributed by atoms with Crippen LogP contribution in [-0.4, -0.2) is 40.5 Å². The van der Waals surface area contributed by atoms with Crippen molar-refractivity contribution in [2.75, 3.05) is 13.1 Å². The normalized spacial score (nSPS) is 30.7. The zero-order chi connectivity index (χ0) is 15.7. The van der Waals surface area contributed by atoms with Crippen molar-refractivity contribution in [2.24, 2.45) is 5.92 Å². The fraction of sp³-hybridized carbons (Fsp3) is 0.562. The average Bonchev–Trinajstić information content (AvgIpc) is 2.81. The molecule has 118 valence electrons. The fourth-order valence-electron chi connectivity index (χ4n) is 3.53. The smallest absolute Gasteiger partial charge is 0.322 e. The molecule has 3 rings (SSSR count). The number of hydrogen-bond donors (Lipinski definition) is 2. The third-order valence-electron chi connectivity index (χ3n) is 5.08. The van der Waals surface area contributed by atoms with Crippen LogP contribution in [-0.2, 0) is 4.79 Å². The van der Waals surface area contributed by atoms with Crippen molar-refractivity contribution in [3.63, 3.8) is 0 Å². The Morgan fingerprint density at radius 3 is 2.73 bits per heavy atom. The summed E-state index contributed by atoms with van der Waals surface area (Å²) >= 11 is 0. The number of nitrogens with zero attached hydrogens (tertiary/aromatic N) is 2. The lowest BCUT2D eigenvalue weighted by molar-refractivity contribution is -0.126. The maximum Gasteiger partial charge on any atom is 0.322 e. The lowest BCUT2D eigenvalue weighted by Gasteiger charge is -2.42. The van der Waals surface area contributed by atoms with E-state index in [4.69, 9.17) is 0 Å². The Balaban J connectivity index is 1.75. The minimum atomic E-state index is -0.798. The molecule has 6 heteroatoms. The Kier molecular flexibility index (Phi) is 3.87. The Hall–Kier alpha value is -1.95. The van der Waals surface area contributed by atoms with Crippen LogP contribution in [0.1, 0.15) is 38.3 Å². The van der Waals surface area contributed by atoms with Gasteiger partial charge in [-0.15, -0.1) is 0 Å². The molecule has 0 radical (unpaired) electrons. The molecule has 1 aromatic rings. The summed E-state index contributed by atoms with van der Waals surface area (Å²) in [6.45, 7) is 5.81. The zero-order valence-corrected chi connectivity index (χ0v) is 13.0. The van der Waals surface area contributed by atoms with E-state index in [-0.39, 0.29) is 23.9 Å². The molecule has 2 saturated heterocycles. The Morgan fingerprint density at radius 2 is 2.09 bits per heavy atom. The molecule has 0 unspecified atom stereocenters. The van der Waals surface area contributed by atoms with Crippen LogP contribution in [0, 0.1) is 5.92 Å². The molecular formula is C16H22N4O2. The number of carbonyl (C=O) groups is 2. The Labute approximate surface area is 130 Å². The Morgan fingerprint density at radius 1 is 1.36 bits per heavy atom. The molecule has 2 fully saturated rings. The molecule has 0 saturated carbocycles. The summed E-state index contributed by atoms with van der Waals surface area (Å²) in [4.78, 5) is 30.1. The van der Waals surface area contributed by atoms with Gasteiger partial charge in [0, 0.05) is 30.9 Å². The van der Waals surface area contributed by atoms with Gasteiger partial charge in [0.25, 0.3) is 5.91 Å². The molecule has 0 aliphatic carbocycles. The number of nitrogens with one attached hydrogen (secondary N) is 2. The maximum absolute atomic E-state index is 12.1. The lowest BCUT2D eigenvalue weighted by atomic mass is 9.79. The predicted molar refractivity (Wildman–Crippen MR) is 82.0 cm³/mol. The summed E-state index contributed by atoms with van der Waals surface area (Å²) in [6, 6.07) is 3.95. The summed E-state index contributed by atoms with van der Waals surface area (Å²) in [7, 11) is 0. The summed E-state index contributed by atoms with van der Waals surface area (Å²) in [5.74, 6) is -0.0853. The number of hydrogen-bond acceptors (Lipinski definition) is 4. The summed E-state index contributed by atoms with van der Waals surface area (Å²) in [5.41, 5.74) is 0.425. The molecule has 3 atom stereocenters. The first-order valence-corrected chi connectivity index (χ1v) is 7.78. The highest BCUT2D eigenvalue weighted by Crippen LogP contribution is 2.33. The van der Waals surface area contributed by atoms with E-state index >= 15 is 0 Å². The van der Waals surface area contributed by atoms with Gasteiger partial charge in [-0.3, -0.25) is 20.0 Å². The summed E-state index contributed by atoms with van der Waals surface area (Å²) in [5, 5.41) is 5.18. The van der Waals surface area contributed by atoms with Crippen molar-refractivity contribution in [1.82, 2.24) is 20.5 Å². The first-order chi connectivity index (χ1) is 10.5. The van der Waals surface area contributed by atoms with Crippen LogP contribution in [0.15, 0.2) is 24.5 Å². The SMILES string of the molecule is C[C@H](c1ccncc1)N1CCC[C@H]([C@@]2(C)NC(=O)NC2=O)C1. The number of imide groups is 1. The lowest BCUT2D eigenvalue weighted by Crippen LogP contribution is -2.56. The van der Waals surface area contributed by atoms with Crippen molar-refractivity contribution in [3.05, 3.63) is 30.1 Å². The minimum Gasteiger partial charge on any atom is -0.323 e. The summed E-state index contributed by atoms with van der Waals surface area (Å²) < 4.78 is 0. The molecular weight excluding hydrogens is 280 g/mol. The second-order valence-corrected chi connectivity index (χ2v) is 6.40. The van der Waals surface area contributed by atoms with Crippen molar-refractivity contribution < 1.29 is 9.59 Å². The van der Waals surface area contributed by atoms with Crippen LogP contribution < -0.4 is 10.6 Å². The Bertz CT molecular complexity index is 577. The first kappa shape index (κ1) is 15.0. The van der Waals surface area contributed by atoms with E-state index in [1.165, 1.54) is 5.56 Å². The molecule has 6 nitrogen and oxygen atoms in total. The quantitative estimate of drug-likeness (QED) is 0.829. The third kappa shape index (κ3) is 2.59. The largest absolute Gasteiger partial charge is 0.323 e. The third-order valence-corrected chi connectivity index (χ3v) is 5.08. The fourth-order valence-corrected chi connectivity index (χ4v) is 3.53. The van der Waals surface area contributed by atoms with Gasteiger partial charge in [-0.2, -0.15) is 0 Å². The molecule has 2 N–H and O–H groups in total. The van der Waals surface area contributed by atoms with Crippen LogP contribution in [0.25, 0.3) is 0 Å². The second-order valence-electron chi connectivity index (χ2n) is 6.40. The zero-order valence-electron chi connectivity index (χ0n) is 13.0. The molecule has 3 amide bonds. The molecule has 0 aromatic carbocycles. The average molecular weight is 302 g/mol. The number of pyridine rings is 1. The number of piperidine rings is 1. The van der Waals surface area contributed by atoms with E-state index in [9.17, 15) is 9.59 Å². The van der Waals surface area contributed by atoms with E-state index in [1.54, 1.807) is 12.4 Å². The van der Waals surface area contributed by atoms with Crippen molar-refractivity contribution in [2.45, 2.75) is 38.3 Å². The second kappa shape index (κ2) is 5.68. The topological polar surface area (TPSA) is 74.3 Å². The molecule has 2 aliphatic heterocycles. The van der Waals surface area contributed by atoms with Gasteiger partial charge in [0.15, 0.2) is 0 Å². The van der Waals surface area contributed by atoms with Crippen LogP contribution in [0.5, 0.6) is 0 Å². The predicted octanol–water partition coefficient (Wildman–Crippen LogP) is 1.45. The van der Waals surface area contributed by atoms with E-state index < -0.39 is 5.54 Å². The van der Waals surface area contributed by atoms with Gasteiger partial charge in [-0.25, -0.2) is 4.79 Å². The van der Waals surface area contributed by atoms with Crippen LogP contribution in [0.2, 0.25) is 0 Å². The first-order valence-electron chi connectivity index (χ1n) is 7.78. The molecule has 0 spiro atoms. The highest BCUT2D eigenvalue weighted by molar-refractivity contribution is 6.06. The van der Waals surface area contributed by atoms with Crippen LogP contribution >= 0.6 is 0 Å². The number of urea groups is 1. The van der Waals surface area contributed by atoms with Gasteiger partial charge in [0.1, 0.15) is 5.54 Å². The minimum absolute atomic E-state index is 0.122. The van der Waals surface area contributed by atoms with Gasteiger partial charge in [-0.1, -0.05) is 0 Å². The van der Waals surface area contributed by atoms with Crippen molar-refractivity contribution in [3.8, 4) is 0 Å². The number of amides is 3. The van der Waals surface area contributed by atoms with Gasteiger partial charge < -0.3 is 5.32 Å². The van der Waals surface area contributed by atoms with Crippen molar-refractivity contribution >= 4 is 11.9 Å². The van der Waals surface area contributed by atoms with Crippen LogP contribution in [0.4, 0.5) is 4.79 Å². The van der Waals surface area contributed by atoms with E-state index in [2.05, 4.69) is 27.4 Å². The molecule has 1 aromatic heterocycles. The highest BCUT2D eigenvalue weighted by Gasteiger charge is 2.49. The highest BCUT2D eigenvalue weighted by atomic mass is 16.2. The summed E-state index contributed by atoms with van der Waals surface area (Å²) in [6.07, 6.45) is 5.58. The van der Waals surface area contributed by atoms with E-state index in [0.717, 1.165) is 25.9 Å². The number of likely N-dealkylation sites (tertiary alicyclic amines) is 1. The molecule has 0 bridgehead atoms.